The highest BCUT2D eigenvalue weighted by molar-refractivity contribution is 6.31. The average Bonchev–Trinajstić information content (AvgIpc) is 3.13. The number of fused-ring (bicyclic) bond motifs is 1. The van der Waals surface area contributed by atoms with Gasteiger partial charge in [-0.1, -0.05) is 11.6 Å². The summed E-state index contributed by atoms with van der Waals surface area (Å²) in [6.45, 7) is 0. The van der Waals surface area contributed by atoms with Crippen molar-refractivity contribution in [2.24, 2.45) is 0 Å². The smallest absolute Gasteiger partial charge is 0.424 e. The van der Waals surface area contributed by atoms with Gasteiger partial charge in [0.1, 0.15) is 0 Å². The van der Waals surface area contributed by atoms with Gasteiger partial charge in [-0.05, 0) is 50.3 Å². The number of nitrogens with one attached hydrogen (secondary N) is 1. The summed E-state index contributed by atoms with van der Waals surface area (Å²) in [6, 6.07) is 5.17. The largest absolute Gasteiger partial charge is 0.522 e. The van der Waals surface area contributed by atoms with Gasteiger partial charge in [0, 0.05) is 28.1 Å². The average molecular weight is 480 g/mol. The number of nitrogens with zero attached hydrogens (tertiary/aromatic N) is 4. The van der Waals surface area contributed by atoms with Crippen molar-refractivity contribution in [2.75, 3.05) is 0 Å². The van der Waals surface area contributed by atoms with E-state index in [0.717, 1.165) is 5.39 Å². The number of benzene rings is 1. The summed E-state index contributed by atoms with van der Waals surface area (Å²) in [5.41, 5.74) is -0.0111. The van der Waals surface area contributed by atoms with E-state index in [1.165, 1.54) is 0 Å². The standard InChI is InChI=1S/C21H17ClF3N5O3/c22-12-1-2-14-11(3-12)6-26-15(27-14)16(31)28-20-7-19(8-20,9-20)18-30-29-17(32-18)10-4-13(5-10)33-21(23,24)25/h1-3,6,10,13H,4-5,7-9H2,(H,28,31). The third-order valence-corrected chi connectivity index (χ3v) is 7.03. The molecule has 4 aliphatic carbocycles. The van der Waals surface area contributed by atoms with Crippen molar-refractivity contribution in [3.63, 3.8) is 0 Å². The summed E-state index contributed by atoms with van der Waals surface area (Å²) in [6.07, 6.45) is -1.57. The van der Waals surface area contributed by atoms with Crippen LogP contribution in [0.1, 0.15) is 60.4 Å². The molecule has 0 atom stereocenters. The first-order valence-corrected chi connectivity index (χ1v) is 10.8. The molecule has 1 aromatic carbocycles. The molecule has 2 bridgehead atoms. The molecule has 33 heavy (non-hydrogen) atoms. The number of alkyl halides is 3. The minimum Gasteiger partial charge on any atom is -0.424 e. The Balaban J connectivity index is 1.06. The number of aromatic nitrogens is 4. The fourth-order valence-corrected chi connectivity index (χ4v) is 5.40. The molecule has 4 saturated carbocycles. The summed E-state index contributed by atoms with van der Waals surface area (Å²) < 4.78 is 46.6. The second-order valence-electron chi connectivity index (χ2n) is 9.24. The first kappa shape index (κ1) is 20.8. The molecular formula is C21H17ClF3N5O3. The fourth-order valence-electron chi connectivity index (χ4n) is 5.22. The number of ether oxygens (including phenoxy) is 1. The monoisotopic (exact) mass is 479 g/mol. The molecule has 1 N–H and O–H groups in total. The third-order valence-electron chi connectivity index (χ3n) is 6.79. The molecule has 0 spiro atoms. The van der Waals surface area contributed by atoms with Crippen LogP contribution in [0.2, 0.25) is 5.02 Å². The molecule has 4 aliphatic rings. The van der Waals surface area contributed by atoms with Crippen molar-refractivity contribution in [1.29, 1.82) is 0 Å². The van der Waals surface area contributed by atoms with E-state index in [-0.39, 0.29) is 41.4 Å². The van der Waals surface area contributed by atoms with E-state index in [4.69, 9.17) is 16.0 Å². The van der Waals surface area contributed by atoms with Gasteiger partial charge in [-0.2, -0.15) is 0 Å². The Morgan fingerprint density at radius 3 is 2.70 bits per heavy atom. The predicted molar refractivity (Wildman–Crippen MR) is 107 cm³/mol. The van der Waals surface area contributed by atoms with Crippen LogP contribution < -0.4 is 5.32 Å². The van der Waals surface area contributed by atoms with Gasteiger partial charge in [0.05, 0.1) is 17.0 Å². The minimum absolute atomic E-state index is 0.0873. The van der Waals surface area contributed by atoms with Crippen LogP contribution in [0.15, 0.2) is 28.8 Å². The molecule has 1 amide bonds. The van der Waals surface area contributed by atoms with Crippen LogP contribution in [0.3, 0.4) is 0 Å². The van der Waals surface area contributed by atoms with E-state index in [1.54, 1.807) is 24.4 Å². The van der Waals surface area contributed by atoms with Crippen LogP contribution in [0.4, 0.5) is 13.2 Å². The highest BCUT2D eigenvalue weighted by atomic mass is 35.5. The highest BCUT2D eigenvalue weighted by Gasteiger charge is 2.72. The Labute approximate surface area is 189 Å². The lowest BCUT2D eigenvalue weighted by Crippen LogP contribution is -2.76. The number of carbonyl (C=O) groups excluding carboxylic acids is 1. The molecule has 4 fully saturated rings. The van der Waals surface area contributed by atoms with E-state index in [1.807, 2.05) is 0 Å². The van der Waals surface area contributed by atoms with Crippen LogP contribution in [0, 0.1) is 0 Å². The van der Waals surface area contributed by atoms with E-state index in [9.17, 15) is 18.0 Å². The Morgan fingerprint density at radius 2 is 1.97 bits per heavy atom. The molecule has 2 aromatic heterocycles. The van der Waals surface area contributed by atoms with E-state index in [0.29, 0.717) is 41.6 Å². The normalized spacial score (nSPS) is 30.3. The number of halogens is 4. The molecule has 12 heteroatoms. The van der Waals surface area contributed by atoms with Crippen LogP contribution in [-0.2, 0) is 10.2 Å². The molecule has 0 saturated heterocycles. The second kappa shape index (κ2) is 6.86. The van der Waals surface area contributed by atoms with Crippen molar-refractivity contribution in [3.8, 4) is 0 Å². The zero-order valence-electron chi connectivity index (χ0n) is 17.0. The molecular weight excluding hydrogens is 463 g/mol. The molecule has 0 aliphatic heterocycles. The number of hydrogen-bond donors (Lipinski definition) is 1. The Hall–Kier alpha value is -2.79. The zero-order chi connectivity index (χ0) is 23.0. The molecule has 3 aromatic rings. The lowest BCUT2D eigenvalue weighted by atomic mass is 9.39. The van der Waals surface area contributed by atoms with Gasteiger partial charge in [-0.15, -0.1) is 23.4 Å². The van der Waals surface area contributed by atoms with Crippen LogP contribution in [0.5, 0.6) is 0 Å². The van der Waals surface area contributed by atoms with Gasteiger partial charge in [0.15, 0.2) is 0 Å². The molecule has 0 unspecified atom stereocenters. The molecule has 7 rings (SSSR count). The quantitative estimate of drug-likeness (QED) is 0.588. The molecule has 2 heterocycles. The Morgan fingerprint density at radius 1 is 1.21 bits per heavy atom. The minimum atomic E-state index is -4.63. The van der Waals surface area contributed by atoms with Crippen molar-refractivity contribution in [3.05, 3.63) is 47.0 Å². The zero-order valence-corrected chi connectivity index (χ0v) is 17.8. The second-order valence-corrected chi connectivity index (χ2v) is 9.68. The first-order chi connectivity index (χ1) is 15.6. The summed E-state index contributed by atoms with van der Waals surface area (Å²) in [5.74, 6) is 0.340. The Kier molecular flexibility index (Phi) is 4.32. The van der Waals surface area contributed by atoms with Gasteiger partial charge in [0.25, 0.3) is 5.91 Å². The first-order valence-electron chi connectivity index (χ1n) is 10.5. The third kappa shape index (κ3) is 3.54. The van der Waals surface area contributed by atoms with Crippen molar-refractivity contribution >= 4 is 28.4 Å². The molecule has 0 radical (unpaired) electrons. The maximum absolute atomic E-state index is 12.7. The number of hydrogen-bond acceptors (Lipinski definition) is 7. The Bertz CT molecular complexity index is 1250. The highest BCUT2D eigenvalue weighted by Crippen LogP contribution is 2.67. The van der Waals surface area contributed by atoms with Crippen LogP contribution in [0.25, 0.3) is 10.9 Å². The van der Waals surface area contributed by atoms with Crippen LogP contribution >= 0.6 is 11.6 Å². The van der Waals surface area contributed by atoms with Crippen LogP contribution in [-0.4, -0.2) is 44.1 Å². The summed E-state index contributed by atoms with van der Waals surface area (Å²) in [5, 5.41) is 12.5. The number of carbonyl (C=O) groups is 1. The topological polar surface area (TPSA) is 103 Å². The van der Waals surface area contributed by atoms with E-state index < -0.39 is 12.5 Å². The van der Waals surface area contributed by atoms with Gasteiger partial charge >= 0.3 is 6.36 Å². The van der Waals surface area contributed by atoms with Crippen molar-refractivity contribution in [1.82, 2.24) is 25.5 Å². The van der Waals surface area contributed by atoms with E-state index >= 15 is 0 Å². The summed E-state index contributed by atoms with van der Waals surface area (Å²) >= 11 is 5.96. The number of rotatable bonds is 5. The van der Waals surface area contributed by atoms with E-state index in [2.05, 4.69) is 30.2 Å². The molecule has 8 nitrogen and oxygen atoms in total. The maximum Gasteiger partial charge on any atom is 0.522 e. The lowest BCUT2D eigenvalue weighted by Gasteiger charge is -2.68. The number of amides is 1. The predicted octanol–water partition coefficient (Wildman–Crippen LogP) is 4.05. The fraction of sp³-hybridized carbons (Fsp3) is 0.476. The van der Waals surface area contributed by atoms with Gasteiger partial charge in [-0.3, -0.25) is 9.53 Å². The van der Waals surface area contributed by atoms with Gasteiger partial charge in [-0.25, -0.2) is 9.97 Å². The SMILES string of the molecule is O=C(NC12CC(c3nnc(C4CC(OC(F)(F)F)C4)o3)(C1)C2)c1ncc2cc(Cl)ccc2n1. The summed E-state index contributed by atoms with van der Waals surface area (Å²) in [4.78, 5) is 21.2. The summed E-state index contributed by atoms with van der Waals surface area (Å²) in [7, 11) is 0. The molecule has 172 valence electrons. The van der Waals surface area contributed by atoms with Gasteiger partial charge < -0.3 is 9.73 Å². The lowest BCUT2D eigenvalue weighted by molar-refractivity contribution is -0.352. The maximum atomic E-state index is 12.7. The van der Waals surface area contributed by atoms with Gasteiger partial charge in [0.2, 0.25) is 17.6 Å². The van der Waals surface area contributed by atoms with Crippen molar-refractivity contribution in [2.45, 2.75) is 61.4 Å². The van der Waals surface area contributed by atoms with Crippen molar-refractivity contribution < 1.29 is 27.1 Å².